The van der Waals surface area contributed by atoms with Crippen LogP contribution in [0.2, 0.25) is 0 Å². The standard InChI is InChI=1S/C13H18N2O3/c1-14(2)12(16)9-15(10-13(17)18)8-11-6-4-3-5-7-11/h3-7H,8-10H2,1-2H3,(H,17,18). The Labute approximate surface area is 107 Å². The summed E-state index contributed by atoms with van der Waals surface area (Å²) in [6, 6.07) is 9.50. The van der Waals surface area contributed by atoms with Gasteiger partial charge < -0.3 is 10.0 Å². The molecule has 0 heterocycles. The van der Waals surface area contributed by atoms with Gasteiger partial charge in [-0.15, -0.1) is 0 Å². The molecular weight excluding hydrogens is 232 g/mol. The molecule has 5 heteroatoms. The minimum Gasteiger partial charge on any atom is -0.480 e. The number of nitrogens with zero attached hydrogens (tertiary/aromatic N) is 2. The van der Waals surface area contributed by atoms with Gasteiger partial charge in [-0.3, -0.25) is 14.5 Å². The van der Waals surface area contributed by atoms with Gasteiger partial charge in [0.2, 0.25) is 5.91 Å². The van der Waals surface area contributed by atoms with Gasteiger partial charge in [-0.25, -0.2) is 0 Å². The van der Waals surface area contributed by atoms with E-state index in [1.165, 1.54) is 4.90 Å². The highest BCUT2D eigenvalue weighted by Gasteiger charge is 2.15. The molecule has 0 unspecified atom stereocenters. The third-order valence-corrected chi connectivity index (χ3v) is 2.47. The summed E-state index contributed by atoms with van der Waals surface area (Å²) < 4.78 is 0. The number of hydrogen-bond donors (Lipinski definition) is 1. The van der Waals surface area contributed by atoms with E-state index >= 15 is 0 Å². The Hall–Kier alpha value is -1.88. The van der Waals surface area contributed by atoms with Crippen LogP contribution in [0, 0.1) is 0 Å². The van der Waals surface area contributed by atoms with Crippen molar-refractivity contribution in [2.75, 3.05) is 27.2 Å². The number of carboxylic acid groups (broad SMARTS) is 1. The number of aliphatic carboxylic acids is 1. The number of rotatable bonds is 6. The molecule has 1 aromatic rings. The number of likely N-dealkylation sites (N-methyl/N-ethyl adjacent to an activating group) is 1. The van der Waals surface area contributed by atoms with Gasteiger partial charge in [0.1, 0.15) is 0 Å². The molecule has 0 aromatic heterocycles. The largest absolute Gasteiger partial charge is 0.480 e. The summed E-state index contributed by atoms with van der Waals surface area (Å²) in [5.74, 6) is -1.04. The molecule has 1 rings (SSSR count). The molecule has 1 amide bonds. The van der Waals surface area contributed by atoms with Crippen LogP contribution in [0.25, 0.3) is 0 Å². The van der Waals surface area contributed by atoms with Crippen LogP contribution in [-0.2, 0) is 16.1 Å². The zero-order valence-corrected chi connectivity index (χ0v) is 10.7. The molecule has 1 aromatic carbocycles. The van der Waals surface area contributed by atoms with Gasteiger partial charge in [0.25, 0.3) is 0 Å². The first-order chi connectivity index (χ1) is 8.49. The average molecular weight is 250 g/mol. The molecular formula is C13H18N2O3. The second kappa shape index (κ2) is 6.76. The number of hydrogen-bond acceptors (Lipinski definition) is 3. The molecule has 0 atom stereocenters. The van der Waals surface area contributed by atoms with Gasteiger partial charge >= 0.3 is 5.97 Å². The van der Waals surface area contributed by atoms with Crippen molar-refractivity contribution < 1.29 is 14.7 Å². The Kier molecular flexibility index (Phi) is 5.32. The van der Waals surface area contributed by atoms with E-state index in [1.54, 1.807) is 19.0 Å². The quantitative estimate of drug-likeness (QED) is 0.805. The average Bonchev–Trinajstić information content (AvgIpc) is 2.29. The van der Waals surface area contributed by atoms with Crippen molar-refractivity contribution in [1.82, 2.24) is 9.80 Å². The molecule has 18 heavy (non-hydrogen) atoms. The number of carbonyl (C=O) groups is 2. The molecule has 98 valence electrons. The Morgan fingerprint density at radius 3 is 2.22 bits per heavy atom. The summed E-state index contributed by atoms with van der Waals surface area (Å²) in [5.41, 5.74) is 0.991. The molecule has 0 aliphatic carbocycles. The molecule has 0 saturated carbocycles. The molecule has 0 saturated heterocycles. The van der Waals surface area contributed by atoms with Crippen LogP contribution in [0.4, 0.5) is 0 Å². The lowest BCUT2D eigenvalue weighted by atomic mass is 10.2. The maximum Gasteiger partial charge on any atom is 0.317 e. The summed E-state index contributed by atoms with van der Waals surface area (Å²) in [6.45, 7) is 0.412. The molecule has 0 radical (unpaired) electrons. The highest BCUT2D eigenvalue weighted by atomic mass is 16.4. The molecule has 0 aliphatic heterocycles. The molecule has 1 N–H and O–H groups in total. The van der Waals surface area contributed by atoms with E-state index in [2.05, 4.69) is 0 Å². The van der Waals surface area contributed by atoms with Crippen LogP contribution in [0.3, 0.4) is 0 Å². The van der Waals surface area contributed by atoms with Crippen LogP contribution < -0.4 is 0 Å². The lowest BCUT2D eigenvalue weighted by Crippen LogP contribution is -2.38. The highest BCUT2D eigenvalue weighted by Crippen LogP contribution is 2.04. The lowest BCUT2D eigenvalue weighted by Gasteiger charge is -2.21. The van der Waals surface area contributed by atoms with Gasteiger partial charge in [0.05, 0.1) is 13.1 Å². The van der Waals surface area contributed by atoms with Crippen LogP contribution in [0.1, 0.15) is 5.56 Å². The van der Waals surface area contributed by atoms with E-state index in [9.17, 15) is 9.59 Å². The fourth-order valence-electron chi connectivity index (χ4n) is 1.53. The molecule has 5 nitrogen and oxygen atoms in total. The predicted octanol–water partition coefficient (Wildman–Crippen LogP) is 0.661. The maximum absolute atomic E-state index is 11.6. The SMILES string of the molecule is CN(C)C(=O)CN(CC(=O)O)Cc1ccccc1. The van der Waals surface area contributed by atoms with Crippen molar-refractivity contribution in [3.63, 3.8) is 0 Å². The summed E-state index contributed by atoms with van der Waals surface area (Å²) >= 11 is 0. The van der Waals surface area contributed by atoms with Gasteiger partial charge in [-0.2, -0.15) is 0 Å². The fraction of sp³-hybridized carbons (Fsp3) is 0.385. The first-order valence-corrected chi connectivity index (χ1v) is 5.67. The molecule has 0 spiro atoms. The van der Waals surface area contributed by atoms with Crippen LogP contribution in [0.5, 0.6) is 0 Å². The van der Waals surface area contributed by atoms with Crippen molar-refractivity contribution in [1.29, 1.82) is 0 Å². The fourth-order valence-corrected chi connectivity index (χ4v) is 1.53. The number of carbonyl (C=O) groups excluding carboxylic acids is 1. The second-order valence-electron chi connectivity index (χ2n) is 4.31. The number of amides is 1. The lowest BCUT2D eigenvalue weighted by molar-refractivity contribution is -0.139. The summed E-state index contributed by atoms with van der Waals surface area (Å²) in [7, 11) is 3.31. The molecule has 0 fully saturated rings. The van der Waals surface area contributed by atoms with Crippen LogP contribution in [0.15, 0.2) is 30.3 Å². The van der Waals surface area contributed by atoms with Crippen molar-refractivity contribution >= 4 is 11.9 Å². The Balaban J connectivity index is 2.66. The first kappa shape index (κ1) is 14.2. The summed E-state index contributed by atoms with van der Waals surface area (Å²) in [5, 5.41) is 8.85. The van der Waals surface area contributed by atoms with Gasteiger partial charge in [-0.05, 0) is 5.56 Å². The second-order valence-corrected chi connectivity index (χ2v) is 4.31. The Morgan fingerprint density at radius 2 is 1.72 bits per heavy atom. The van der Waals surface area contributed by atoms with Crippen LogP contribution in [-0.4, -0.2) is 54.0 Å². The van der Waals surface area contributed by atoms with E-state index in [1.807, 2.05) is 30.3 Å². The summed E-state index contributed by atoms with van der Waals surface area (Å²) in [4.78, 5) is 25.5. The molecule has 0 aliphatic rings. The minimum absolute atomic E-state index is 0.104. The third kappa shape index (κ3) is 4.97. The van der Waals surface area contributed by atoms with E-state index in [-0.39, 0.29) is 19.0 Å². The van der Waals surface area contributed by atoms with E-state index < -0.39 is 5.97 Å². The first-order valence-electron chi connectivity index (χ1n) is 5.67. The van der Waals surface area contributed by atoms with Crippen molar-refractivity contribution in [2.24, 2.45) is 0 Å². The van der Waals surface area contributed by atoms with Crippen molar-refractivity contribution in [3.05, 3.63) is 35.9 Å². The van der Waals surface area contributed by atoms with Crippen LogP contribution >= 0.6 is 0 Å². The maximum atomic E-state index is 11.6. The highest BCUT2D eigenvalue weighted by molar-refractivity contribution is 5.78. The van der Waals surface area contributed by atoms with Crippen molar-refractivity contribution in [2.45, 2.75) is 6.54 Å². The Morgan fingerprint density at radius 1 is 1.11 bits per heavy atom. The Bertz CT molecular complexity index is 404. The van der Waals surface area contributed by atoms with E-state index in [0.29, 0.717) is 6.54 Å². The van der Waals surface area contributed by atoms with Gasteiger partial charge in [0.15, 0.2) is 0 Å². The van der Waals surface area contributed by atoms with Crippen molar-refractivity contribution in [3.8, 4) is 0 Å². The number of carboxylic acids is 1. The van der Waals surface area contributed by atoms with E-state index in [0.717, 1.165) is 5.56 Å². The smallest absolute Gasteiger partial charge is 0.317 e. The van der Waals surface area contributed by atoms with Gasteiger partial charge in [0, 0.05) is 20.6 Å². The normalized spacial score (nSPS) is 10.4. The summed E-state index contributed by atoms with van der Waals surface area (Å²) in [6.07, 6.45) is 0. The van der Waals surface area contributed by atoms with Gasteiger partial charge in [-0.1, -0.05) is 30.3 Å². The minimum atomic E-state index is -0.933. The van der Waals surface area contributed by atoms with E-state index in [4.69, 9.17) is 5.11 Å². The topological polar surface area (TPSA) is 60.9 Å². The zero-order chi connectivity index (χ0) is 13.5. The monoisotopic (exact) mass is 250 g/mol. The number of benzene rings is 1. The molecule has 0 bridgehead atoms. The zero-order valence-electron chi connectivity index (χ0n) is 10.7. The predicted molar refractivity (Wildman–Crippen MR) is 68.0 cm³/mol. The third-order valence-electron chi connectivity index (χ3n) is 2.47.